The lowest BCUT2D eigenvalue weighted by Crippen LogP contribution is -2.40. The van der Waals surface area contributed by atoms with Crippen molar-refractivity contribution in [1.82, 2.24) is 15.2 Å². The van der Waals surface area contributed by atoms with E-state index in [2.05, 4.69) is 20.1 Å². The minimum atomic E-state index is -2.62. The molecule has 0 aliphatic carbocycles. The van der Waals surface area contributed by atoms with E-state index in [0.29, 0.717) is 48.2 Å². The monoisotopic (exact) mass is 449 g/mol. The Kier molecular flexibility index (Phi) is 5.45. The highest BCUT2D eigenvalue weighted by Gasteiger charge is 2.44. The van der Waals surface area contributed by atoms with Gasteiger partial charge in [0.15, 0.2) is 18.6 Å². The zero-order chi connectivity index (χ0) is 22.1. The summed E-state index contributed by atoms with van der Waals surface area (Å²) in [5.41, 5.74) is 1.34. The Labute approximate surface area is 185 Å². The van der Waals surface area contributed by atoms with Crippen molar-refractivity contribution in [2.24, 2.45) is 0 Å². The van der Waals surface area contributed by atoms with Crippen LogP contribution < -0.4 is 15.8 Å². The Bertz CT molecular complexity index is 1320. The largest absolute Gasteiger partial charge is 0.349 e. The first kappa shape index (κ1) is 20.7. The molecule has 32 heavy (non-hydrogen) atoms. The van der Waals surface area contributed by atoms with Gasteiger partial charge in [-0.3, -0.25) is 4.79 Å². The van der Waals surface area contributed by atoms with Gasteiger partial charge in [-0.25, -0.2) is 19.4 Å². The van der Waals surface area contributed by atoms with Crippen molar-refractivity contribution in [3.63, 3.8) is 0 Å². The van der Waals surface area contributed by atoms with Crippen LogP contribution in [0.25, 0.3) is 10.8 Å². The quantitative estimate of drug-likeness (QED) is 0.468. The molecule has 3 heterocycles. The Morgan fingerprint density at radius 3 is 2.53 bits per heavy atom. The molecule has 0 spiro atoms. The molecule has 2 aromatic carbocycles. The number of hydrogen-bond acceptors (Lipinski definition) is 5. The van der Waals surface area contributed by atoms with Gasteiger partial charge in [0.25, 0.3) is 5.56 Å². The SMILES string of the molecule is O=c1[nH]nc(Cc2ccc(F)c([P+]3(O)CCN(c4ccccn4)CC3)c2)c2ccccc12. The van der Waals surface area contributed by atoms with E-state index in [0.717, 1.165) is 16.8 Å². The number of aromatic amines is 1. The van der Waals surface area contributed by atoms with Crippen LogP contribution in [0.15, 0.2) is 71.7 Å². The highest BCUT2D eigenvalue weighted by molar-refractivity contribution is 7.77. The second-order valence-corrected chi connectivity index (χ2v) is 11.3. The summed E-state index contributed by atoms with van der Waals surface area (Å²) in [6.45, 7) is 1.27. The summed E-state index contributed by atoms with van der Waals surface area (Å²) >= 11 is 0. The van der Waals surface area contributed by atoms with E-state index >= 15 is 0 Å². The van der Waals surface area contributed by atoms with Crippen molar-refractivity contribution in [3.8, 4) is 0 Å². The third-order valence-corrected chi connectivity index (χ3v) is 9.18. The number of halogens is 1. The van der Waals surface area contributed by atoms with Crippen LogP contribution in [-0.4, -0.2) is 45.5 Å². The molecule has 0 bridgehead atoms. The van der Waals surface area contributed by atoms with E-state index in [9.17, 15) is 14.1 Å². The zero-order valence-corrected chi connectivity index (χ0v) is 18.3. The molecule has 162 valence electrons. The Balaban J connectivity index is 1.41. The summed E-state index contributed by atoms with van der Waals surface area (Å²) in [7, 11) is -2.62. The van der Waals surface area contributed by atoms with E-state index in [-0.39, 0.29) is 11.4 Å². The van der Waals surface area contributed by atoms with E-state index in [1.165, 1.54) is 6.07 Å². The second kappa shape index (κ2) is 8.41. The van der Waals surface area contributed by atoms with Crippen molar-refractivity contribution in [1.29, 1.82) is 0 Å². The van der Waals surface area contributed by atoms with Gasteiger partial charge in [0, 0.05) is 18.0 Å². The highest BCUT2D eigenvalue weighted by Crippen LogP contribution is 2.55. The topological polar surface area (TPSA) is 82.1 Å². The fourth-order valence-electron chi connectivity index (χ4n) is 4.29. The predicted octanol–water partition coefficient (Wildman–Crippen LogP) is 3.12. The number of hydrogen-bond donors (Lipinski definition) is 2. The van der Waals surface area contributed by atoms with Crippen LogP contribution in [0.4, 0.5) is 10.2 Å². The number of nitrogens with zero attached hydrogens (tertiary/aromatic N) is 3. The average molecular weight is 449 g/mol. The van der Waals surface area contributed by atoms with Crippen molar-refractivity contribution in [2.45, 2.75) is 6.42 Å². The standard InChI is InChI=1S/C24H22FN4O2P/c25-20-9-8-17(15-21-18-5-1-2-6-19(18)24(30)28-27-21)16-22(20)32(31)13-11-29(12-14-32)23-7-3-4-10-26-23/h1-10,16,31H,11-15H2/p+1. The molecule has 0 radical (unpaired) electrons. The molecule has 2 N–H and O–H groups in total. The molecule has 6 nitrogen and oxygen atoms in total. The van der Waals surface area contributed by atoms with Gasteiger partial charge < -0.3 is 4.90 Å². The lowest BCUT2D eigenvalue weighted by molar-refractivity contribution is 0.586. The third-order valence-electron chi connectivity index (χ3n) is 6.06. The number of benzene rings is 2. The van der Waals surface area contributed by atoms with Gasteiger partial charge in [-0.2, -0.15) is 5.10 Å². The molecule has 2 aromatic heterocycles. The fraction of sp³-hybridized carbons (Fsp3) is 0.208. The number of fused-ring (bicyclic) bond motifs is 1. The van der Waals surface area contributed by atoms with Gasteiger partial charge in [0.2, 0.25) is 0 Å². The van der Waals surface area contributed by atoms with Crippen LogP contribution in [0, 0.1) is 5.82 Å². The van der Waals surface area contributed by atoms with Gasteiger partial charge in [0.05, 0.1) is 24.2 Å². The molecule has 8 heteroatoms. The van der Waals surface area contributed by atoms with Crippen LogP contribution in [0.3, 0.4) is 0 Å². The maximum absolute atomic E-state index is 14.8. The van der Waals surface area contributed by atoms with Crippen molar-refractivity contribution in [3.05, 3.63) is 94.3 Å². The van der Waals surface area contributed by atoms with Crippen LogP contribution >= 0.6 is 7.49 Å². The van der Waals surface area contributed by atoms with Crippen molar-refractivity contribution >= 4 is 29.4 Å². The van der Waals surface area contributed by atoms with Gasteiger partial charge in [-0.15, -0.1) is 0 Å². The molecule has 0 unspecified atom stereocenters. The first-order valence-electron chi connectivity index (χ1n) is 10.5. The number of pyridine rings is 1. The Morgan fingerprint density at radius 2 is 1.78 bits per heavy atom. The van der Waals surface area contributed by atoms with Crippen LogP contribution in [0.2, 0.25) is 0 Å². The third kappa shape index (κ3) is 3.90. The smallest absolute Gasteiger partial charge is 0.272 e. The molecule has 1 saturated heterocycles. The molecule has 1 aliphatic rings. The summed E-state index contributed by atoms with van der Waals surface area (Å²) in [6.07, 6.45) is 3.22. The molecule has 5 rings (SSSR count). The summed E-state index contributed by atoms with van der Waals surface area (Å²) in [6, 6.07) is 18.0. The molecule has 1 aliphatic heterocycles. The number of anilines is 1. The average Bonchev–Trinajstić information content (AvgIpc) is 2.83. The highest BCUT2D eigenvalue weighted by atomic mass is 31.2. The van der Waals surface area contributed by atoms with E-state index in [1.54, 1.807) is 24.4 Å². The van der Waals surface area contributed by atoms with E-state index in [4.69, 9.17) is 0 Å². The maximum atomic E-state index is 14.8. The van der Waals surface area contributed by atoms with Gasteiger partial charge in [0.1, 0.15) is 18.1 Å². The van der Waals surface area contributed by atoms with Gasteiger partial charge in [-0.1, -0.05) is 30.3 Å². The molecule has 4 aromatic rings. The van der Waals surface area contributed by atoms with Crippen molar-refractivity contribution < 1.29 is 9.28 Å². The van der Waals surface area contributed by atoms with Crippen LogP contribution in [0.5, 0.6) is 0 Å². The molecule has 0 saturated carbocycles. The molecule has 0 atom stereocenters. The lowest BCUT2D eigenvalue weighted by atomic mass is 10.0. The lowest BCUT2D eigenvalue weighted by Gasteiger charge is -2.33. The summed E-state index contributed by atoms with van der Waals surface area (Å²) < 4.78 is 14.8. The number of nitrogens with one attached hydrogen (secondary N) is 1. The minimum absolute atomic E-state index is 0.232. The van der Waals surface area contributed by atoms with Gasteiger partial charge in [-0.05, 0) is 35.9 Å². The number of rotatable bonds is 4. The fourth-order valence-corrected chi connectivity index (χ4v) is 7.02. The molecule has 0 amide bonds. The summed E-state index contributed by atoms with van der Waals surface area (Å²) in [5, 5.41) is 8.55. The van der Waals surface area contributed by atoms with Gasteiger partial charge >= 0.3 is 0 Å². The minimum Gasteiger partial charge on any atom is -0.349 e. The zero-order valence-electron chi connectivity index (χ0n) is 17.4. The normalized spacial score (nSPS) is 15.8. The van der Waals surface area contributed by atoms with E-state index < -0.39 is 7.49 Å². The van der Waals surface area contributed by atoms with Crippen molar-refractivity contribution in [2.75, 3.05) is 30.3 Å². The van der Waals surface area contributed by atoms with Crippen LogP contribution in [0.1, 0.15) is 11.3 Å². The first-order chi connectivity index (χ1) is 15.5. The second-order valence-electron chi connectivity index (χ2n) is 8.05. The Morgan fingerprint density at radius 1 is 1.03 bits per heavy atom. The molecular weight excluding hydrogens is 426 g/mol. The maximum Gasteiger partial charge on any atom is 0.272 e. The Hall–Kier alpha value is -3.15. The first-order valence-corrected chi connectivity index (χ1v) is 12.7. The molecular formula is C24H23FN4O2P+. The van der Waals surface area contributed by atoms with Crippen LogP contribution in [-0.2, 0) is 6.42 Å². The number of aromatic nitrogens is 3. The summed E-state index contributed by atoms with van der Waals surface area (Å²) in [5.74, 6) is 0.513. The molecule has 1 fully saturated rings. The number of H-pyrrole nitrogens is 1. The van der Waals surface area contributed by atoms with E-state index in [1.807, 2.05) is 36.4 Å². The predicted molar refractivity (Wildman–Crippen MR) is 127 cm³/mol. The summed E-state index contributed by atoms with van der Waals surface area (Å²) in [4.78, 5) is 30.0.